The second kappa shape index (κ2) is 6.61. The highest BCUT2D eigenvalue weighted by Gasteiger charge is 2.26. The summed E-state index contributed by atoms with van der Waals surface area (Å²) in [6, 6.07) is 0.748. The third kappa shape index (κ3) is 3.60. The fraction of sp³-hybridized carbons (Fsp3) is 0.917. The van der Waals surface area contributed by atoms with E-state index in [1.54, 1.807) is 7.11 Å². The number of hydrogen-bond acceptors (Lipinski definition) is 4. The molecule has 2 aliphatic heterocycles. The molecule has 0 aromatic carbocycles. The Kier molecular flexibility index (Phi) is 5.13. The summed E-state index contributed by atoms with van der Waals surface area (Å²) in [5.41, 5.74) is 0. The Labute approximate surface area is 108 Å². The summed E-state index contributed by atoms with van der Waals surface area (Å²) in [7, 11) is 1.58. The monoisotopic (exact) mass is 258 g/mol. The van der Waals surface area contributed by atoms with Gasteiger partial charge in [-0.3, -0.25) is 9.69 Å². The second-order valence-electron chi connectivity index (χ2n) is 4.72. The van der Waals surface area contributed by atoms with E-state index in [1.807, 2.05) is 4.90 Å². The van der Waals surface area contributed by atoms with Gasteiger partial charge in [0.15, 0.2) is 0 Å². The topological polar surface area (TPSA) is 32.8 Å². The van der Waals surface area contributed by atoms with E-state index in [0.29, 0.717) is 0 Å². The van der Waals surface area contributed by atoms with Crippen LogP contribution in [0.4, 0.5) is 0 Å². The van der Waals surface area contributed by atoms with Gasteiger partial charge < -0.3 is 9.64 Å². The Bertz CT molecular complexity index is 257. The third-order valence-corrected chi connectivity index (χ3v) is 4.72. The zero-order valence-electron chi connectivity index (χ0n) is 10.6. The van der Waals surface area contributed by atoms with E-state index in [-0.39, 0.29) is 12.5 Å². The van der Waals surface area contributed by atoms with Crippen LogP contribution in [0.3, 0.4) is 0 Å². The molecule has 5 heteroatoms. The van der Waals surface area contributed by atoms with Gasteiger partial charge in [0.25, 0.3) is 0 Å². The molecule has 0 aromatic heterocycles. The number of amides is 1. The second-order valence-corrected chi connectivity index (χ2v) is 5.87. The molecular weight excluding hydrogens is 236 g/mol. The van der Waals surface area contributed by atoms with Crippen molar-refractivity contribution >= 4 is 17.7 Å². The molecule has 0 N–H and O–H groups in total. The molecule has 0 bridgehead atoms. The van der Waals surface area contributed by atoms with Gasteiger partial charge in [-0.1, -0.05) is 0 Å². The smallest absolute Gasteiger partial charge is 0.248 e. The Balaban J connectivity index is 1.82. The van der Waals surface area contributed by atoms with Crippen LogP contribution in [0.15, 0.2) is 0 Å². The molecule has 0 aliphatic carbocycles. The van der Waals surface area contributed by atoms with Crippen molar-refractivity contribution in [1.29, 1.82) is 0 Å². The summed E-state index contributed by atoms with van der Waals surface area (Å²) in [6.45, 7) is 4.14. The molecule has 1 amide bonds. The molecule has 98 valence electrons. The maximum Gasteiger partial charge on any atom is 0.248 e. The summed E-state index contributed by atoms with van der Waals surface area (Å²) in [4.78, 5) is 16.3. The van der Waals surface area contributed by atoms with Crippen molar-refractivity contribution in [1.82, 2.24) is 9.80 Å². The van der Waals surface area contributed by atoms with Crippen molar-refractivity contribution in [3.8, 4) is 0 Å². The quantitative estimate of drug-likeness (QED) is 0.745. The van der Waals surface area contributed by atoms with Gasteiger partial charge in [-0.05, 0) is 18.6 Å². The summed E-state index contributed by atoms with van der Waals surface area (Å²) in [6.07, 6.45) is 2.41. The largest absolute Gasteiger partial charge is 0.375 e. The standard InChI is InChI=1S/C12H22N2O2S/c1-16-9-12(15)14-5-2-4-13(6-7-14)11-3-8-17-10-11/h11H,2-10H2,1H3. The van der Waals surface area contributed by atoms with E-state index in [9.17, 15) is 4.79 Å². The maximum atomic E-state index is 11.8. The first-order valence-electron chi connectivity index (χ1n) is 6.40. The third-order valence-electron chi connectivity index (χ3n) is 3.57. The van der Waals surface area contributed by atoms with E-state index in [0.717, 1.165) is 38.6 Å². The maximum absolute atomic E-state index is 11.8. The first-order chi connectivity index (χ1) is 8.31. The highest BCUT2D eigenvalue weighted by Crippen LogP contribution is 2.23. The SMILES string of the molecule is COCC(=O)N1CCCN(C2CCSC2)CC1. The molecular formula is C12H22N2O2S. The minimum Gasteiger partial charge on any atom is -0.375 e. The molecule has 0 saturated carbocycles. The fourth-order valence-electron chi connectivity index (χ4n) is 2.58. The van der Waals surface area contributed by atoms with Gasteiger partial charge in [-0.15, -0.1) is 0 Å². The Morgan fingerprint density at radius 1 is 1.35 bits per heavy atom. The van der Waals surface area contributed by atoms with Gasteiger partial charge in [0.1, 0.15) is 6.61 Å². The number of ether oxygens (including phenoxy) is 1. The van der Waals surface area contributed by atoms with Crippen LogP contribution in [0, 0.1) is 0 Å². The molecule has 0 spiro atoms. The van der Waals surface area contributed by atoms with Crippen LogP contribution in [0.1, 0.15) is 12.8 Å². The average molecular weight is 258 g/mol. The molecule has 2 heterocycles. The predicted octanol–water partition coefficient (Wildman–Crippen LogP) is 0.673. The highest BCUT2D eigenvalue weighted by molar-refractivity contribution is 7.99. The van der Waals surface area contributed by atoms with Crippen LogP contribution in [-0.4, -0.2) is 73.2 Å². The summed E-state index contributed by atoms with van der Waals surface area (Å²) in [5, 5.41) is 0. The predicted molar refractivity (Wildman–Crippen MR) is 70.4 cm³/mol. The summed E-state index contributed by atoms with van der Waals surface area (Å²) < 4.78 is 4.92. The van der Waals surface area contributed by atoms with Crippen molar-refractivity contribution in [2.24, 2.45) is 0 Å². The molecule has 2 aliphatic rings. The van der Waals surface area contributed by atoms with Crippen LogP contribution in [-0.2, 0) is 9.53 Å². The van der Waals surface area contributed by atoms with Gasteiger partial charge in [0.2, 0.25) is 5.91 Å². The number of thioether (sulfide) groups is 1. The number of rotatable bonds is 3. The van der Waals surface area contributed by atoms with Crippen molar-refractivity contribution in [3.63, 3.8) is 0 Å². The first-order valence-corrected chi connectivity index (χ1v) is 7.55. The summed E-state index contributed by atoms with van der Waals surface area (Å²) in [5.74, 6) is 2.70. The first kappa shape index (κ1) is 13.2. The molecule has 0 radical (unpaired) electrons. The Morgan fingerprint density at radius 3 is 2.94 bits per heavy atom. The lowest BCUT2D eigenvalue weighted by molar-refractivity contribution is -0.135. The Hall–Kier alpha value is -0.260. The van der Waals surface area contributed by atoms with Crippen molar-refractivity contribution < 1.29 is 9.53 Å². The zero-order valence-corrected chi connectivity index (χ0v) is 11.4. The van der Waals surface area contributed by atoms with E-state index >= 15 is 0 Å². The fourth-order valence-corrected chi connectivity index (χ4v) is 3.83. The van der Waals surface area contributed by atoms with Crippen molar-refractivity contribution in [2.45, 2.75) is 18.9 Å². The van der Waals surface area contributed by atoms with Gasteiger partial charge in [0.05, 0.1) is 0 Å². The van der Waals surface area contributed by atoms with E-state index < -0.39 is 0 Å². The zero-order chi connectivity index (χ0) is 12.1. The Morgan fingerprint density at radius 2 is 2.24 bits per heavy atom. The molecule has 2 saturated heterocycles. The van der Waals surface area contributed by atoms with Gasteiger partial charge >= 0.3 is 0 Å². The van der Waals surface area contributed by atoms with Gasteiger partial charge in [0, 0.05) is 45.1 Å². The van der Waals surface area contributed by atoms with Crippen LogP contribution in [0.25, 0.3) is 0 Å². The number of carbonyl (C=O) groups excluding carboxylic acids is 1. The van der Waals surface area contributed by atoms with E-state index in [1.165, 1.54) is 17.9 Å². The molecule has 1 atom stereocenters. The number of carbonyl (C=O) groups is 1. The molecule has 1 unspecified atom stereocenters. The van der Waals surface area contributed by atoms with Gasteiger partial charge in [-0.2, -0.15) is 11.8 Å². The number of methoxy groups -OCH3 is 1. The molecule has 2 rings (SSSR count). The van der Waals surface area contributed by atoms with E-state index in [2.05, 4.69) is 16.7 Å². The van der Waals surface area contributed by atoms with Crippen LogP contribution in [0.5, 0.6) is 0 Å². The molecule has 4 nitrogen and oxygen atoms in total. The average Bonchev–Trinajstić information content (AvgIpc) is 2.74. The number of hydrogen-bond donors (Lipinski definition) is 0. The van der Waals surface area contributed by atoms with Crippen LogP contribution >= 0.6 is 11.8 Å². The lowest BCUT2D eigenvalue weighted by atomic mass is 10.2. The lowest BCUT2D eigenvalue weighted by Crippen LogP contribution is -2.40. The minimum atomic E-state index is 0.134. The number of nitrogens with zero attached hydrogens (tertiary/aromatic N) is 2. The van der Waals surface area contributed by atoms with Crippen LogP contribution < -0.4 is 0 Å². The molecule has 17 heavy (non-hydrogen) atoms. The lowest BCUT2D eigenvalue weighted by Gasteiger charge is -2.26. The molecule has 2 fully saturated rings. The highest BCUT2D eigenvalue weighted by atomic mass is 32.2. The summed E-state index contributed by atoms with van der Waals surface area (Å²) >= 11 is 2.06. The van der Waals surface area contributed by atoms with Crippen molar-refractivity contribution in [2.75, 3.05) is 51.4 Å². The van der Waals surface area contributed by atoms with Gasteiger partial charge in [-0.25, -0.2) is 0 Å². The van der Waals surface area contributed by atoms with E-state index in [4.69, 9.17) is 4.74 Å². The van der Waals surface area contributed by atoms with Crippen LogP contribution in [0.2, 0.25) is 0 Å². The molecule has 0 aromatic rings. The normalized spacial score (nSPS) is 27.1. The van der Waals surface area contributed by atoms with Crippen molar-refractivity contribution in [3.05, 3.63) is 0 Å². The minimum absolute atomic E-state index is 0.134.